The van der Waals surface area contributed by atoms with Gasteiger partial charge in [0.1, 0.15) is 18.2 Å². The number of hydrogen-bond donors (Lipinski definition) is 0. The molecule has 0 saturated carbocycles. The predicted molar refractivity (Wildman–Crippen MR) is 142 cm³/mol. The first-order valence-electron chi connectivity index (χ1n) is 10.9. The zero-order valence-electron chi connectivity index (χ0n) is 19.5. The number of fused-ring (bicyclic) bond motifs is 1. The molecule has 0 bridgehead atoms. The van der Waals surface area contributed by atoms with Crippen LogP contribution in [0.15, 0.2) is 75.0 Å². The highest BCUT2D eigenvalue weighted by Crippen LogP contribution is 2.26. The van der Waals surface area contributed by atoms with Crippen LogP contribution in [0.2, 0.25) is 5.02 Å². The van der Waals surface area contributed by atoms with E-state index in [1.807, 2.05) is 70.2 Å². The summed E-state index contributed by atoms with van der Waals surface area (Å²) >= 11 is 9.90. The van der Waals surface area contributed by atoms with E-state index in [1.165, 1.54) is 10.2 Å². The van der Waals surface area contributed by atoms with Crippen LogP contribution in [0.4, 0.5) is 0 Å². The maximum absolute atomic E-state index is 13.3. The van der Waals surface area contributed by atoms with Gasteiger partial charge in [0.05, 0.1) is 22.1 Å². The van der Waals surface area contributed by atoms with Gasteiger partial charge in [0, 0.05) is 9.89 Å². The average molecular weight is 539 g/mol. The standard InChI is InChI=1S/C27H25BrClN3O2/c1-17-6-5-7-19(12-17)16-34-24-11-8-18(13-22(24)29)15-30-32-25(33)21-14-20(28)9-10-23(21)31-26(32)27(2,3)4/h5-15H,16H2,1-4H3. The molecule has 1 aromatic heterocycles. The Hall–Kier alpha value is -2.96. The second-order valence-corrected chi connectivity index (χ2v) is 10.5. The van der Waals surface area contributed by atoms with Gasteiger partial charge in [0.2, 0.25) is 0 Å². The minimum absolute atomic E-state index is 0.225. The summed E-state index contributed by atoms with van der Waals surface area (Å²) in [6.45, 7) is 8.48. The van der Waals surface area contributed by atoms with E-state index in [2.05, 4.69) is 27.1 Å². The van der Waals surface area contributed by atoms with Gasteiger partial charge >= 0.3 is 0 Å². The normalized spacial score (nSPS) is 11.9. The largest absolute Gasteiger partial charge is 0.487 e. The minimum Gasteiger partial charge on any atom is -0.487 e. The Bertz CT molecular complexity index is 1450. The zero-order chi connectivity index (χ0) is 24.5. The number of rotatable bonds is 5. The van der Waals surface area contributed by atoms with Crippen LogP contribution >= 0.6 is 27.5 Å². The maximum Gasteiger partial charge on any atom is 0.282 e. The quantitative estimate of drug-likeness (QED) is 0.260. The minimum atomic E-state index is -0.386. The monoisotopic (exact) mass is 537 g/mol. The van der Waals surface area contributed by atoms with Gasteiger partial charge in [-0.3, -0.25) is 4.79 Å². The SMILES string of the molecule is Cc1cccc(COc2ccc(C=Nn3c(C(C)(C)C)nc4ccc(Br)cc4c3=O)cc2Cl)c1. The van der Waals surface area contributed by atoms with E-state index in [0.29, 0.717) is 34.1 Å². The first-order valence-corrected chi connectivity index (χ1v) is 12.0. The van der Waals surface area contributed by atoms with Crippen molar-refractivity contribution in [2.45, 2.75) is 39.7 Å². The predicted octanol–water partition coefficient (Wildman–Crippen LogP) is 6.88. The van der Waals surface area contributed by atoms with Gasteiger partial charge in [0.15, 0.2) is 0 Å². The van der Waals surface area contributed by atoms with Crippen LogP contribution in [0.25, 0.3) is 10.9 Å². The maximum atomic E-state index is 13.3. The molecule has 0 spiro atoms. The number of halogens is 2. The molecular formula is C27H25BrClN3O2. The lowest BCUT2D eigenvalue weighted by atomic mass is 9.95. The Labute approximate surface area is 212 Å². The highest BCUT2D eigenvalue weighted by molar-refractivity contribution is 9.10. The lowest BCUT2D eigenvalue weighted by Gasteiger charge is -2.20. The van der Waals surface area contributed by atoms with E-state index in [1.54, 1.807) is 18.3 Å². The molecule has 0 radical (unpaired) electrons. The molecule has 0 aliphatic carbocycles. The van der Waals surface area contributed by atoms with E-state index in [-0.39, 0.29) is 11.0 Å². The molecule has 3 aromatic carbocycles. The Balaban J connectivity index is 1.64. The van der Waals surface area contributed by atoms with Gasteiger partial charge in [0.25, 0.3) is 5.56 Å². The number of ether oxygens (including phenoxy) is 1. The molecular weight excluding hydrogens is 514 g/mol. The zero-order valence-corrected chi connectivity index (χ0v) is 21.8. The highest BCUT2D eigenvalue weighted by Gasteiger charge is 2.22. The molecule has 34 heavy (non-hydrogen) atoms. The summed E-state index contributed by atoms with van der Waals surface area (Å²) in [6.07, 6.45) is 1.61. The molecule has 0 amide bonds. The fourth-order valence-corrected chi connectivity index (χ4v) is 4.15. The molecule has 7 heteroatoms. The number of aromatic nitrogens is 2. The molecule has 4 rings (SSSR count). The third-order valence-corrected chi connectivity index (χ3v) is 6.02. The third kappa shape index (κ3) is 5.40. The average Bonchev–Trinajstić information content (AvgIpc) is 2.77. The summed E-state index contributed by atoms with van der Waals surface area (Å²) < 4.78 is 8.07. The fraction of sp³-hybridized carbons (Fsp3) is 0.222. The van der Waals surface area contributed by atoms with E-state index >= 15 is 0 Å². The molecule has 0 fully saturated rings. The van der Waals surface area contributed by atoms with Crippen molar-refractivity contribution in [2.24, 2.45) is 5.10 Å². The number of aryl methyl sites for hydroxylation is 1. The van der Waals surface area contributed by atoms with Crippen LogP contribution in [0.3, 0.4) is 0 Å². The van der Waals surface area contributed by atoms with E-state index in [4.69, 9.17) is 21.3 Å². The molecule has 4 aromatic rings. The van der Waals surface area contributed by atoms with Crippen molar-refractivity contribution in [3.8, 4) is 5.75 Å². The van der Waals surface area contributed by atoms with Crippen molar-refractivity contribution in [2.75, 3.05) is 0 Å². The molecule has 0 N–H and O–H groups in total. The number of hydrogen-bond acceptors (Lipinski definition) is 4. The number of benzene rings is 3. The third-order valence-electron chi connectivity index (χ3n) is 5.23. The summed E-state index contributed by atoms with van der Waals surface area (Å²) in [4.78, 5) is 18.0. The molecule has 0 aliphatic rings. The van der Waals surface area contributed by atoms with Gasteiger partial charge in [-0.25, -0.2) is 4.98 Å². The smallest absolute Gasteiger partial charge is 0.282 e. The lowest BCUT2D eigenvalue weighted by Crippen LogP contribution is -2.29. The highest BCUT2D eigenvalue weighted by atomic mass is 79.9. The summed E-state index contributed by atoms with van der Waals surface area (Å²) in [6, 6.07) is 19.0. The number of nitrogens with zero attached hydrogens (tertiary/aromatic N) is 3. The summed E-state index contributed by atoms with van der Waals surface area (Å²) in [5, 5.41) is 5.47. The van der Waals surface area contributed by atoms with Crippen LogP contribution in [0.5, 0.6) is 5.75 Å². The van der Waals surface area contributed by atoms with Crippen LogP contribution in [-0.2, 0) is 12.0 Å². The molecule has 0 saturated heterocycles. The van der Waals surface area contributed by atoms with Crippen molar-refractivity contribution in [1.82, 2.24) is 9.66 Å². The molecule has 1 heterocycles. The topological polar surface area (TPSA) is 56.5 Å². The van der Waals surface area contributed by atoms with Gasteiger partial charge in [-0.15, -0.1) is 0 Å². The first-order chi connectivity index (χ1) is 16.1. The Morgan fingerprint density at radius 1 is 1.12 bits per heavy atom. The molecule has 0 unspecified atom stereocenters. The van der Waals surface area contributed by atoms with E-state index < -0.39 is 0 Å². The van der Waals surface area contributed by atoms with Crippen molar-refractivity contribution in [3.05, 3.63) is 103 Å². The van der Waals surface area contributed by atoms with Crippen LogP contribution in [-0.4, -0.2) is 15.9 Å². The Morgan fingerprint density at radius 3 is 2.62 bits per heavy atom. The second kappa shape index (κ2) is 9.72. The fourth-order valence-electron chi connectivity index (χ4n) is 3.54. The molecule has 0 atom stereocenters. The first kappa shape index (κ1) is 24.2. The van der Waals surface area contributed by atoms with Gasteiger partial charge in [-0.2, -0.15) is 9.78 Å². The Morgan fingerprint density at radius 2 is 1.91 bits per heavy atom. The van der Waals surface area contributed by atoms with Gasteiger partial charge < -0.3 is 4.74 Å². The summed E-state index contributed by atoms with van der Waals surface area (Å²) in [5.41, 5.74) is 3.03. The van der Waals surface area contributed by atoms with Crippen LogP contribution in [0.1, 0.15) is 43.3 Å². The van der Waals surface area contributed by atoms with Crippen molar-refractivity contribution < 1.29 is 4.74 Å². The Kier molecular flexibility index (Phi) is 6.91. The van der Waals surface area contributed by atoms with E-state index in [0.717, 1.165) is 15.6 Å². The van der Waals surface area contributed by atoms with Crippen LogP contribution < -0.4 is 10.3 Å². The van der Waals surface area contributed by atoms with Crippen molar-refractivity contribution >= 4 is 44.6 Å². The lowest BCUT2D eigenvalue weighted by molar-refractivity contribution is 0.306. The second-order valence-electron chi connectivity index (χ2n) is 9.18. The summed E-state index contributed by atoms with van der Waals surface area (Å²) in [5.74, 6) is 1.16. The molecule has 174 valence electrons. The van der Waals surface area contributed by atoms with Crippen LogP contribution in [0, 0.1) is 6.92 Å². The van der Waals surface area contributed by atoms with Crippen molar-refractivity contribution in [1.29, 1.82) is 0 Å². The van der Waals surface area contributed by atoms with E-state index in [9.17, 15) is 4.79 Å². The van der Waals surface area contributed by atoms with Crippen molar-refractivity contribution in [3.63, 3.8) is 0 Å². The van der Waals surface area contributed by atoms with Gasteiger partial charge in [-0.1, -0.05) is 78.1 Å². The van der Waals surface area contributed by atoms with Gasteiger partial charge in [-0.05, 0) is 54.4 Å². The molecule has 5 nitrogen and oxygen atoms in total. The summed E-state index contributed by atoms with van der Waals surface area (Å²) in [7, 11) is 0. The molecule has 0 aliphatic heterocycles.